The summed E-state index contributed by atoms with van der Waals surface area (Å²) in [6.07, 6.45) is 7.41. The van der Waals surface area contributed by atoms with Gasteiger partial charge in [0, 0.05) is 0 Å². The number of hydrogen-bond acceptors (Lipinski definition) is 2. The van der Waals surface area contributed by atoms with Crippen LogP contribution in [-0.2, 0) is 4.74 Å². The van der Waals surface area contributed by atoms with E-state index < -0.39 is 0 Å². The molecular weight excluding hydrogens is 212 g/mol. The molecule has 0 aromatic heterocycles. The lowest BCUT2D eigenvalue weighted by atomic mass is 9.80. The molecule has 3 rings (SSSR count). The maximum absolute atomic E-state index is 5.65. The Morgan fingerprint density at radius 2 is 1.93 bits per heavy atom. The second kappa shape index (κ2) is 3.38. The predicted molar refractivity (Wildman–Crippen MR) is 63.5 cm³/mol. The van der Waals surface area contributed by atoms with E-state index in [-0.39, 0.29) is 0 Å². The molecule has 0 radical (unpaired) electrons. The van der Waals surface area contributed by atoms with Crippen molar-refractivity contribution in [2.24, 2.45) is 23.7 Å². The van der Waals surface area contributed by atoms with E-state index in [4.69, 9.17) is 17.0 Å². The molecule has 3 saturated carbocycles. The lowest BCUT2D eigenvalue weighted by molar-refractivity contribution is 0.0814. The van der Waals surface area contributed by atoms with Gasteiger partial charge in [0.25, 0.3) is 0 Å². The van der Waals surface area contributed by atoms with Crippen LogP contribution in [0.3, 0.4) is 0 Å². The van der Waals surface area contributed by atoms with Crippen molar-refractivity contribution in [3.8, 4) is 0 Å². The average Bonchev–Trinajstić information content (AvgIpc) is 2.68. The Kier molecular flexibility index (Phi) is 2.28. The summed E-state index contributed by atoms with van der Waals surface area (Å²) in [6, 6.07) is 0. The maximum Gasteiger partial charge on any atom is 0.217 e. The van der Waals surface area contributed by atoms with Crippen LogP contribution in [-0.4, -0.2) is 10.5 Å². The van der Waals surface area contributed by atoms with Crippen molar-refractivity contribution in [3.63, 3.8) is 0 Å². The maximum atomic E-state index is 5.65. The van der Waals surface area contributed by atoms with Crippen LogP contribution in [0.25, 0.3) is 0 Å². The number of hydrogen-bond donors (Lipinski definition) is 1. The predicted octanol–water partition coefficient (Wildman–Crippen LogP) is 3.04. The van der Waals surface area contributed by atoms with Crippen molar-refractivity contribution in [2.45, 2.75) is 38.2 Å². The lowest BCUT2D eigenvalue weighted by Gasteiger charge is -2.31. The molecule has 14 heavy (non-hydrogen) atoms. The monoisotopic (exact) mass is 228 g/mol. The first kappa shape index (κ1) is 9.46. The Morgan fingerprint density at radius 3 is 2.71 bits per heavy atom. The fraction of sp³-hybridized carbons (Fsp3) is 0.909. The van der Waals surface area contributed by atoms with E-state index >= 15 is 0 Å². The first-order chi connectivity index (χ1) is 6.75. The minimum atomic E-state index is 0.407. The highest BCUT2D eigenvalue weighted by Crippen LogP contribution is 2.59. The van der Waals surface area contributed by atoms with Gasteiger partial charge >= 0.3 is 0 Å². The second-order valence-electron chi connectivity index (χ2n) is 5.08. The Morgan fingerprint density at radius 1 is 1.14 bits per heavy atom. The Labute approximate surface area is 96.0 Å². The molecule has 3 heteroatoms. The molecular formula is C11H16OS2. The fourth-order valence-electron chi connectivity index (χ4n) is 4.27. The van der Waals surface area contributed by atoms with Gasteiger partial charge < -0.3 is 4.74 Å². The summed E-state index contributed by atoms with van der Waals surface area (Å²) in [4.78, 5) is 0. The SMILES string of the molecule is S=C(S)O[C@@H]1C[C@H]2C[C@@H]1[C@H]1CCC[C@@H]21. The molecule has 0 aromatic rings. The summed E-state index contributed by atoms with van der Waals surface area (Å²) in [6.45, 7) is 0. The highest BCUT2D eigenvalue weighted by molar-refractivity contribution is 8.10. The van der Waals surface area contributed by atoms with Crippen LogP contribution in [0, 0.1) is 23.7 Å². The standard InChI is InChI=1S/C11H16OS2/c13-11(14)12-10-5-6-4-9(10)8-3-1-2-7(6)8/h6-10H,1-5H2,(H,13,14)/t6-,7+,8+,9-,10-/m1/s1. The van der Waals surface area contributed by atoms with Crippen LogP contribution < -0.4 is 0 Å². The van der Waals surface area contributed by atoms with Crippen LogP contribution >= 0.6 is 24.8 Å². The van der Waals surface area contributed by atoms with Crippen molar-refractivity contribution < 1.29 is 4.74 Å². The zero-order valence-corrected chi connectivity index (χ0v) is 9.90. The number of rotatable bonds is 1. The van der Waals surface area contributed by atoms with Crippen LogP contribution in [0.15, 0.2) is 0 Å². The van der Waals surface area contributed by atoms with E-state index in [1.165, 1.54) is 32.1 Å². The van der Waals surface area contributed by atoms with Gasteiger partial charge in [0.05, 0.1) is 0 Å². The van der Waals surface area contributed by atoms with E-state index in [1.807, 2.05) is 0 Å². The molecule has 3 aliphatic carbocycles. The summed E-state index contributed by atoms with van der Waals surface area (Å²) in [5.41, 5.74) is 0. The molecule has 0 spiro atoms. The molecule has 0 heterocycles. The molecule has 1 nitrogen and oxygen atoms in total. The molecule has 0 unspecified atom stereocenters. The summed E-state index contributed by atoms with van der Waals surface area (Å²) >= 11 is 8.98. The van der Waals surface area contributed by atoms with E-state index in [0.717, 1.165) is 23.7 Å². The molecule has 0 amide bonds. The van der Waals surface area contributed by atoms with E-state index in [9.17, 15) is 0 Å². The molecule has 3 aliphatic rings. The van der Waals surface area contributed by atoms with Crippen molar-refractivity contribution in [1.82, 2.24) is 0 Å². The topological polar surface area (TPSA) is 9.23 Å². The van der Waals surface area contributed by atoms with Crippen molar-refractivity contribution in [3.05, 3.63) is 0 Å². The van der Waals surface area contributed by atoms with Gasteiger partial charge in [-0.15, -0.1) is 0 Å². The third kappa shape index (κ3) is 1.32. The smallest absolute Gasteiger partial charge is 0.217 e. The van der Waals surface area contributed by atoms with Crippen molar-refractivity contribution in [1.29, 1.82) is 0 Å². The van der Waals surface area contributed by atoms with Gasteiger partial charge in [-0.05, 0) is 61.6 Å². The molecule has 2 bridgehead atoms. The third-order valence-corrected chi connectivity index (χ3v) is 4.82. The number of thiocarbonyl (C=S) groups is 1. The normalized spacial score (nSPS) is 49.4. The van der Waals surface area contributed by atoms with Crippen molar-refractivity contribution in [2.75, 3.05) is 0 Å². The average molecular weight is 228 g/mol. The van der Waals surface area contributed by atoms with Crippen LogP contribution in [0.4, 0.5) is 0 Å². The first-order valence-electron chi connectivity index (χ1n) is 5.65. The molecule has 0 aromatic carbocycles. The van der Waals surface area contributed by atoms with E-state index in [1.54, 1.807) is 0 Å². The first-order valence-corrected chi connectivity index (χ1v) is 6.51. The lowest BCUT2D eigenvalue weighted by Crippen LogP contribution is -2.30. The van der Waals surface area contributed by atoms with Gasteiger partial charge in [-0.1, -0.05) is 19.0 Å². The number of fused-ring (bicyclic) bond motifs is 5. The van der Waals surface area contributed by atoms with Gasteiger partial charge in [-0.3, -0.25) is 0 Å². The van der Waals surface area contributed by atoms with Crippen LogP contribution in [0.2, 0.25) is 0 Å². The van der Waals surface area contributed by atoms with Gasteiger partial charge in [0.15, 0.2) is 0 Å². The van der Waals surface area contributed by atoms with Crippen LogP contribution in [0.1, 0.15) is 32.1 Å². The summed E-state index contributed by atoms with van der Waals surface area (Å²) in [5.74, 6) is 3.74. The Balaban J connectivity index is 1.73. The second-order valence-corrected chi connectivity index (χ2v) is 6.16. The van der Waals surface area contributed by atoms with Crippen LogP contribution in [0.5, 0.6) is 0 Å². The van der Waals surface area contributed by atoms with Gasteiger partial charge in [0.2, 0.25) is 4.38 Å². The minimum absolute atomic E-state index is 0.407. The number of ether oxygens (including phenoxy) is 1. The van der Waals surface area contributed by atoms with Gasteiger partial charge in [-0.25, -0.2) is 0 Å². The zero-order chi connectivity index (χ0) is 9.71. The van der Waals surface area contributed by atoms with Gasteiger partial charge in [0.1, 0.15) is 6.10 Å². The molecule has 0 N–H and O–H groups in total. The van der Waals surface area contributed by atoms with E-state index in [0.29, 0.717) is 10.5 Å². The molecule has 78 valence electrons. The molecule has 5 atom stereocenters. The fourth-order valence-corrected chi connectivity index (χ4v) is 4.53. The molecule has 0 saturated heterocycles. The Bertz CT molecular complexity index is 266. The third-order valence-electron chi connectivity index (χ3n) is 4.62. The zero-order valence-electron chi connectivity index (χ0n) is 8.19. The summed E-state index contributed by atoms with van der Waals surface area (Å²) in [7, 11) is 0. The molecule has 3 fully saturated rings. The van der Waals surface area contributed by atoms with Gasteiger partial charge in [-0.2, -0.15) is 0 Å². The minimum Gasteiger partial charge on any atom is -0.475 e. The van der Waals surface area contributed by atoms with Crippen molar-refractivity contribution >= 4 is 29.2 Å². The molecule has 0 aliphatic heterocycles. The quantitative estimate of drug-likeness (QED) is 0.545. The highest BCUT2D eigenvalue weighted by atomic mass is 32.1. The highest BCUT2D eigenvalue weighted by Gasteiger charge is 2.54. The summed E-state index contributed by atoms with van der Waals surface area (Å²) in [5, 5.41) is 0. The van der Waals surface area contributed by atoms with E-state index in [2.05, 4.69) is 12.6 Å². The number of thiol groups is 1. The summed E-state index contributed by atoms with van der Waals surface area (Å²) < 4.78 is 6.09. The largest absolute Gasteiger partial charge is 0.475 e. The Hall–Kier alpha value is 0.240.